The molecular weight excluding hydrogens is 372 g/mol. The number of hydrogen-bond donors (Lipinski definition) is 1. The molecule has 3 aromatic rings. The van der Waals surface area contributed by atoms with Crippen molar-refractivity contribution in [3.8, 4) is 22.9 Å². The summed E-state index contributed by atoms with van der Waals surface area (Å²) in [5.41, 5.74) is 3.49. The second-order valence-corrected chi connectivity index (χ2v) is 7.35. The number of benzene rings is 2. The fourth-order valence-corrected chi connectivity index (χ4v) is 3.59. The normalized spacial score (nSPS) is 14.9. The summed E-state index contributed by atoms with van der Waals surface area (Å²) in [6, 6.07) is 15.9. The molecule has 0 bridgehead atoms. The standard InChI is InChI=1S/C21H22N4O2S/c1-3-13-28-21-23-20-18(24-25-21)16-7-5-6-8-17(16)22-19(27-20)14-9-11-15(12-10-14)26-4-2/h5-12,19,22H,3-4,13H2,1-2H3/t19-/m0/s1. The third kappa shape index (κ3) is 3.89. The lowest BCUT2D eigenvalue weighted by molar-refractivity contribution is 0.225. The maximum Gasteiger partial charge on any atom is 0.247 e. The average molecular weight is 395 g/mol. The van der Waals surface area contributed by atoms with Gasteiger partial charge in [0.2, 0.25) is 11.0 Å². The Hall–Kier alpha value is -2.80. The Morgan fingerprint density at radius 2 is 1.89 bits per heavy atom. The maximum absolute atomic E-state index is 6.27. The van der Waals surface area contributed by atoms with Crippen LogP contribution in [0.5, 0.6) is 11.6 Å². The van der Waals surface area contributed by atoms with E-state index in [0.717, 1.165) is 34.7 Å². The summed E-state index contributed by atoms with van der Waals surface area (Å²) in [5, 5.41) is 12.8. The molecular formula is C21H22N4O2S. The van der Waals surface area contributed by atoms with Crippen molar-refractivity contribution in [3.63, 3.8) is 0 Å². The van der Waals surface area contributed by atoms with E-state index in [4.69, 9.17) is 9.47 Å². The first kappa shape index (κ1) is 18.6. The van der Waals surface area contributed by atoms with Gasteiger partial charge in [0.25, 0.3) is 0 Å². The number of rotatable bonds is 6. The van der Waals surface area contributed by atoms with Crippen molar-refractivity contribution in [2.75, 3.05) is 17.7 Å². The molecule has 1 N–H and O–H groups in total. The first-order valence-electron chi connectivity index (χ1n) is 9.41. The molecule has 1 atom stereocenters. The minimum absolute atomic E-state index is 0.390. The molecule has 4 rings (SSSR count). The number of ether oxygens (including phenoxy) is 2. The van der Waals surface area contributed by atoms with Gasteiger partial charge in [-0.15, -0.1) is 10.2 Å². The number of fused-ring (bicyclic) bond motifs is 3. The molecule has 0 fully saturated rings. The van der Waals surface area contributed by atoms with Crippen LogP contribution < -0.4 is 14.8 Å². The minimum Gasteiger partial charge on any atom is -0.494 e. The molecule has 1 aliphatic rings. The van der Waals surface area contributed by atoms with Crippen LogP contribution in [0.4, 0.5) is 5.69 Å². The van der Waals surface area contributed by atoms with Gasteiger partial charge in [0.05, 0.1) is 6.61 Å². The number of para-hydroxylation sites is 1. The van der Waals surface area contributed by atoms with E-state index in [9.17, 15) is 0 Å². The highest BCUT2D eigenvalue weighted by molar-refractivity contribution is 7.99. The maximum atomic E-state index is 6.27. The molecule has 1 aromatic heterocycles. The van der Waals surface area contributed by atoms with Crippen molar-refractivity contribution in [2.24, 2.45) is 0 Å². The van der Waals surface area contributed by atoms with Crippen LogP contribution in [0.3, 0.4) is 0 Å². The van der Waals surface area contributed by atoms with Crippen LogP contribution in [0.15, 0.2) is 53.7 Å². The van der Waals surface area contributed by atoms with Crippen LogP contribution in [-0.4, -0.2) is 27.5 Å². The SMILES string of the molecule is CCCSc1nnc2c(n1)O[C@@H](c1ccc(OCC)cc1)Nc1ccccc1-2. The molecule has 0 unspecified atom stereocenters. The van der Waals surface area contributed by atoms with Crippen LogP contribution >= 0.6 is 11.8 Å². The number of aromatic nitrogens is 3. The summed E-state index contributed by atoms with van der Waals surface area (Å²) in [6.45, 7) is 4.74. The quantitative estimate of drug-likeness (QED) is 0.594. The molecule has 2 aromatic carbocycles. The van der Waals surface area contributed by atoms with Gasteiger partial charge in [0, 0.05) is 22.6 Å². The Morgan fingerprint density at radius 1 is 1.07 bits per heavy atom. The van der Waals surface area contributed by atoms with Gasteiger partial charge >= 0.3 is 0 Å². The molecule has 28 heavy (non-hydrogen) atoms. The van der Waals surface area contributed by atoms with Crippen LogP contribution in [0.25, 0.3) is 11.3 Å². The van der Waals surface area contributed by atoms with Gasteiger partial charge in [-0.1, -0.05) is 36.9 Å². The van der Waals surface area contributed by atoms with E-state index in [-0.39, 0.29) is 6.23 Å². The van der Waals surface area contributed by atoms with Crippen molar-refractivity contribution >= 4 is 17.4 Å². The number of hydrogen-bond acceptors (Lipinski definition) is 7. The first-order chi connectivity index (χ1) is 13.8. The second-order valence-electron chi connectivity index (χ2n) is 6.29. The summed E-state index contributed by atoms with van der Waals surface area (Å²) >= 11 is 1.58. The summed E-state index contributed by atoms with van der Waals surface area (Å²) in [4.78, 5) is 4.63. The second kappa shape index (κ2) is 8.48. The van der Waals surface area contributed by atoms with E-state index in [1.807, 2.05) is 55.5 Å². The third-order valence-electron chi connectivity index (χ3n) is 4.26. The monoisotopic (exact) mass is 394 g/mol. The van der Waals surface area contributed by atoms with Crippen LogP contribution in [0.1, 0.15) is 32.1 Å². The van der Waals surface area contributed by atoms with E-state index in [1.165, 1.54) is 0 Å². The van der Waals surface area contributed by atoms with E-state index in [2.05, 4.69) is 27.4 Å². The molecule has 0 saturated heterocycles. The fraction of sp³-hybridized carbons (Fsp3) is 0.286. The molecule has 0 spiro atoms. The van der Waals surface area contributed by atoms with Crippen molar-refractivity contribution in [1.82, 2.24) is 15.2 Å². The molecule has 0 amide bonds. The zero-order valence-electron chi connectivity index (χ0n) is 15.9. The highest BCUT2D eigenvalue weighted by Crippen LogP contribution is 2.39. The van der Waals surface area contributed by atoms with Gasteiger partial charge in [-0.25, -0.2) is 0 Å². The minimum atomic E-state index is -0.390. The molecule has 144 valence electrons. The molecule has 1 aliphatic heterocycles. The predicted molar refractivity (Wildman–Crippen MR) is 111 cm³/mol. The van der Waals surface area contributed by atoms with Gasteiger partial charge in [0.15, 0.2) is 11.9 Å². The average Bonchev–Trinajstić information content (AvgIpc) is 2.89. The Balaban J connectivity index is 1.72. The predicted octanol–water partition coefficient (Wildman–Crippen LogP) is 4.94. The zero-order valence-corrected chi connectivity index (χ0v) is 16.7. The van der Waals surface area contributed by atoms with Crippen LogP contribution in [0.2, 0.25) is 0 Å². The molecule has 0 radical (unpaired) electrons. The summed E-state index contributed by atoms with van der Waals surface area (Å²) < 4.78 is 11.8. The Labute approximate surface area is 168 Å². The van der Waals surface area contributed by atoms with Crippen LogP contribution in [-0.2, 0) is 0 Å². The first-order valence-corrected chi connectivity index (χ1v) is 10.4. The van der Waals surface area contributed by atoms with E-state index in [1.54, 1.807) is 11.8 Å². The van der Waals surface area contributed by atoms with E-state index < -0.39 is 0 Å². The molecule has 0 aliphatic carbocycles. The number of thioether (sulfide) groups is 1. The van der Waals surface area contributed by atoms with Gasteiger partial charge in [0.1, 0.15) is 5.75 Å². The number of anilines is 1. The Bertz CT molecular complexity index is 949. The zero-order chi connectivity index (χ0) is 19.3. The Kier molecular flexibility index (Phi) is 5.62. The molecule has 7 heteroatoms. The van der Waals surface area contributed by atoms with Gasteiger partial charge in [-0.05, 0) is 43.7 Å². The smallest absolute Gasteiger partial charge is 0.247 e. The highest BCUT2D eigenvalue weighted by Gasteiger charge is 2.26. The van der Waals surface area contributed by atoms with Gasteiger partial charge in [-0.3, -0.25) is 0 Å². The summed E-state index contributed by atoms with van der Waals surface area (Å²) in [6.07, 6.45) is 0.657. The lowest BCUT2D eigenvalue weighted by Crippen LogP contribution is -2.17. The van der Waals surface area contributed by atoms with E-state index in [0.29, 0.717) is 23.3 Å². The van der Waals surface area contributed by atoms with Crippen molar-refractivity contribution < 1.29 is 9.47 Å². The topological polar surface area (TPSA) is 69.2 Å². The third-order valence-corrected chi connectivity index (χ3v) is 5.31. The van der Waals surface area contributed by atoms with Crippen molar-refractivity contribution in [1.29, 1.82) is 0 Å². The van der Waals surface area contributed by atoms with Crippen molar-refractivity contribution in [3.05, 3.63) is 54.1 Å². The lowest BCUT2D eigenvalue weighted by Gasteiger charge is -2.19. The molecule has 0 saturated carbocycles. The van der Waals surface area contributed by atoms with Crippen LogP contribution in [0, 0.1) is 0 Å². The molecule has 6 nitrogen and oxygen atoms in total. The highest BCUT2D eigenvalue weighted by atomic mass is 32.2. The summed E-state index contributed by atoms with van der Waals surface area (Å²) in [7, 11) is 0. The lowest BCUT2D eigenvalue weighted by atomic mass is 10.1. The number of nitrogens with zero attached hydrogens (tertiary/aromatic N) is 3. The fourth-order valence-electron chi connectivity index (χ4n) is 2.96. The summed E-state index contributed by atoms with van der Waals surface area (Å²) in [5.74, 6) is 2.27. The molecule has 2 heterocycles. The largest absolute Gasteiger partial charge is 0.494 e. The van der Waals surface area contributed by atoms with Crippen molar-refractivity contribution in [2.45, 2.75) is 31.7 Å². The van der Waals surface area contributed by atoms with Gasteiger partial charge in [-0.2, -0.15) is 4.98 Å². The van der Waals surface area contributed by atoms with E-state index >= 15 is 0 Å². The Morgan fingerprint density at radius 3 is 2.68 bits per heavy atom. The van der Waals surface area contributed by atoms with Gasteiger partial charge < -0.3 is 14.8 Å². The number of nitrogens with one attached hydrogen (secondary N) is 1.